The van der Waals surface area contributed by atoms with Gasteiger partial charge in [-0.05, 0) is 25.0 Å². The third kappa shape index (κ3) is 2.70. The lowest BCUT2D eigenvalue weighted by Crippen LogP contribution is -1.85. The molecule has 0 spiro atoms. The van der Waals surface area contributed by atoms with E-state index < -0.39 is 0 Å². The molecular formula is C11H12O. The Bertz CT molecular complexity index is 272. The van der Waals surface area contributed by atoms with E-state index >= 15 is 0 Å². The van der Waals surface area contributed by atoms with Crippen LogP contribution in [0.3, 0.4) is 0 Å². The predicted molar refractivity (Wildman–Crippen MR) is 50.0 cm³/mol. The van der Waals surface area contributed by atoms with Gasteiger partial charge in [-0.2, -0.15) is 0 Å². The van der Waals surface area contributed by atoms with Gasteiger partial charge in [0.25, 0.3) is 0 Å². The summed E-state index contributed by atoms with van der Waals surface area (Å²) in [5.74, 6) is 0. The summed E-state index contributed by atoms with van der Waals surface area (Å²) in [6.07, 6.45) is 3.30. The number of allylic oxidation sites excluding steroid dienone is 2. The van der Waals surface area contributed by atoms with Crippen molar-refractivity contribution in [2.45, 2.75) is 13.3 Å². The summed E-state index contributed by atoms with van der Waals surface area (Å²) < 4.78 is 0. The van der Waals surface area contributed by atoms with Crippen LogP contribution in [0.25, 0.3) is 0 Å². The van der Waals surface area contributed by atoms with Crippen LogP contribution < -0.4 is 0 Å². The van der Waals surface area contributed by atoms with E-state index in [0.717, 1.165) is 18.3 Å². The van der Waals surface area contributed by atoms with Gasteiger partial charge < -0.3 is 0 Å². The van der Waals surface area contributed by atoms with Gasteiger partial charge in [0.1, 0.15) is 6.29 Å². The molecule has 0 saturated carbocycles. The monoisotopic (exact) mass is 160 g/mol. The average Bonchev–Trinajstić information content (AvgIpc) is 2.06. The fourth-order valence-electron chi connectivity index (χ4n) is 1.09. The summed E-state index contributed by atoms with van der Waals surface area (Å²) in [5, 5.41) is 0. The lowest BCUT2D eigenvalue weighted by Gasteiger charge is -1.98. The van der Waals surface area contributed by atoms with E-state index in [9.17, 15) is 4.79 Å². The number of rotatable bonds is 3. The molecule has 12 heavy (non-hydrogen) atoms. The third-order valence-electron chi connectivity index (χ3n) is 1.68. The lowest BCUT2D eigenvalue weighted by molar-refractivity contribution is -0.104. The van der Waals surface area contributed by atoms with Gasteiger partial charge in [-0.25, -0.2) is 0 Å². The minimum Gasteiger partial charge on any atom is -0.299 e. The van der Waals surface area contributed by atoms with Gasteiger partial charge in [0, 0.05) is 0 Å². The first-order valence-corrected chi connectivity index (χ1v) is 3.98. The number of hydrogen-bond acceptors (Lipinski definition) is 1. The number of hydrogen-bond donors (Lipinski definition) is 0. The second-order valence-electron chi connectivity index (χ2n) is 2.81. The van der Waals surface area contributed by atoms with Crippen molar-refractivity contribution >= 4 is 6.29 Å². The molecule has 0 N–H and O–H groups in total. The van der Waals surface area contributed by atoms with Gasteiger partial charge in [-0.1, -0.05) is 35.9 Å². The average molecular weight is 160 g/mol. The fraction of sp³-hybridized carbons (Fsp3) is 0.182. The molecule has 0 aliphatic heterocycles. The highest BCUT2D eigenvalue weighted by molar-refractivity contribution is 5.66. The van der Waals surface area contributed by atoms with Crippen LogP contribution in [0.4, 0.5) is 0 Å². The Balaban J connectivity index is 2.64. The van der Waals surface area contributed by atoms with Crippen molar-refractivity contribution in [1.29, 1.82) is 0 Å². The molecule has 1 aromatic rings. The molecule has 1 heteroatoms. The molecule has 0 atom stereocenters. The van der Waals surface area contributed by atoms with E-state index in [-0.39, 0.29) is 0 Å². The molecule has 1 rings (SSSR count). The summed E-state index contributed by atoms with van der Waals surface area (Å²) in [5.41, 5.74) is 2.34. The zero-order valence-corrected chi connectivity index (χ0v) is 7.16. The molecule has 0 fully saturated rings. The van der Waals surface area contributed by atoms with Gasteiger partial charge in [0.15, 0.2) is 0 Å². The van der Waals surface area contributed by atoms with E-state index in [1.54, 1.807) is 6.08 Å². The van der Waals surface area contributed by atoms with Gasteiger partial charge in [-0.3, -0.25) is 4.79 Å². The quantitative estimate of drug-likeness (QED) is 0.490. The highest BCUT2D eigenvalue weighted by Gasteiger charge is 1.91. The number of carbonyl (C=O) groups is 1. The van der Waals surface area contributed by atoms with Crippen LogP contribution in [0.1, 0.15) is 12.5 Å². The summed E-state index contributed by atoms with van der Waals surface area (Å²) in [7, 11) is 0. The second-order valence-corrected chi connectivity index (χ2v) is 2.81. The van der Waals surface area contributed by atoms with Crippen LogP contribution in [0.15, 0.2) is 42.0 Å². The Morgan fingerprint density at radius 1 is 1.33 bits per heavy atom. The summed E-state index contributed by atoms with van der Waals surface area (Å²) >= 11 is 0. The molecule has 0 heterocycles. The smallest absolute Gasteiger partial charge is 0.142 e. The normalized spacial score (nSPS) is 11.2. The van der Waals surface area contributed by atoms with Gasteiger partial charge in [0.05, 0.1) is 0 Å². The maximum absolute atomic E-state index is 10.1. The zero-order chi connectivity index (χ0) is 8.81. The van der Waals surface area contributed by atoms with E-state index in [0.29, 0.717) is 0 Å². The Morgan fingerprint density at radius 3 is 2.58 bits per heavy atom. The second kappa shape index (κ2) is 4.50. The highest BCUT2D eigenvalue weighted by atomic mass is 16.1. The predicted octanol–water partition coefficient (Wildman–Crippen LogP) is 2.37. The fourth-order valence-corrected chi connectivity index (χ4v) is 1.09. The molecule has 0 amide bonds. The number of benzene rings is 1. The Hall–Kier alpha value is -1.37. The topological polar surface area (TPSA) is 17.1 Å². The first-order chi connectivity index (χ1) is 5.83. The van der Waals surface area contributed by atoms with E-state index in [4.69, 9.17) is 0 Å². The van der Waals surface area contributed by atoms with Crippen molar-refractivity contribution in [3.05, 3.63) is 47.5 Å². The molecule has 0 aromatic heterocycles. The number of aldehydes is 1. The van der Waals surface area contributed by atoms with Crippen LogP contribution in [0.5, 0.6) is 0 Å². The molecular weight excluding hydrogens is 148 g/mol. The Labute approximate surface area is 72.7 Å². The van der Waals surface area contributed by atoms with Crippen molar-refractivity contribution in [2.75, 3.05) is 0 Å². The van der Waals surface area contributed by atoms with E-state index in [1.165, 1.54) is 5.56 Å². The molecule has 0 unspecified atom stereocenters. The van der Waals surface area contributed by atoms with Crippen LogP contribution in [0, 0.1) is 0 Å². The van der Waals surface area contributed by atoms with Crippen LogP contribution >= 0.6 is 0 Å². The molecule has 0 bridgehead atoms. The van der Waals surface area contributed by atoms with Crippen molar-refractivity contribution < 1.29 is 4.79 Å². The van der Waals surface area contributed by atoms with Crippen LogP contribution in [0.2, 0.25) is 0 Å². The Kier molecular flexibility index (Phi) is 3.27. The summed E-state index contributed by atoms with van der Waals surface area (Å²) in [6, 6.07) is 10.1. The standard InChI is InChI=1S/C11H12O/c1-10(7-8-12)9-11-5-3-2-4-6-11/h2-8H,9H2,1H3/b10-7+. The van der Waals surface area contributed by atoms with Crippen LogP contribution in [-0.4, -0.2) is 6.29 Å². The summed E-state index contributed by atoms with van der Waals surface area (Å²) in [4.78, 5) is 10.1. The van der Waals surface area contributed by atoms with Crippen molar-refractivity contribution in [3.8, 4) is 0 Å². The van der Waals surface area contributed by atoms with Gasteiger partial charge in [0.2, 0.25) is 0 Å². The highest BCUT2D eigenvalue weighted by Crippen LogP contribution is 2.05. The Morgan fingerprint density at radius 2 is 2.00 bits per heavy atom. The van der Waals surface area contributed by atoms with Crippen molar-refractivity contribution in [2.24, 2.45) is 0 Å². The molecule has 1 nitrogen and oxygen atoms in total. The van der Waals surface area contributed by atoms with E-state index in [1.807, 2.05) is 25.1 Å². The minimum atomic E-state index is 0.832. The molecule has 0 aliphatic rings. The minimum absolute atomic E-state index is 0.832. The molecule has 0 saturated heterocycles. The zero-order valence-electron chi connectivity index (χ0n) is 7.16. The molecule has 0 aliphatic carbocycles. The van der Waals surface area contributed by atoms with Gasteiger partial charge >= 0.3 is 0 Å². The molecule has 1 aromatic carbocycles. The van der Waals surface area contributed by atoms with E-state index in [2.05, 4.69) is 12.1 Å². The largest absolute Gasteiger partial charge is 0.299 e. The SMILES string of the molecule is C/C(=C\C=O)Cc1ccccc1. The first-order valence-electron chi connectivity index (χ1n) is 3.98. The lowest BCUT2D eigenvalue weighted by atomic mass is 10.1. The van der Waals surface area contributed by atoms with Gasteiger partial charge in [-0.15, -0.1) is 0 Å². The van der Waals surface area contributed by atoms with Crippen molar-refractivity contribution in [3.63, 3.8) is 0 Å². The maximum Gasteiger partial charge on any atom is 0.142 e. The number of carbonyl (C=O) groups excluding carboxylic acids is 1. The van der Waals surface area contributed by atoms with Crippen molar-refractivity contribution in [1.82, 2.24) is 0 Å². The summed E-state index contributed by atoms with van der Waals surface area (Å²) in [6.45, 7) is 1.96. The molecule has 62 valence electrons. The maximum atomic E-state index is 10.1. The first kappa shape index (κ1) is 8.72. The van der Waals surface area contributed by atoms with Crippen LogP contribution in [-0.2, 0) is 11.2 Å². The third-order valence-corrected chi connectivity index (χ3v) is 1.68. The molecule has 0 radical (unpaired) electrons.